The van der Waals surface area contributed by atoms with Crippen LogP contribution in [0.2, 0.25) is 0 Å². The molecule has 0 aromatic heterocycles. The molecule has 0 saturated carbocycles. The van der Waals surface area contributed by atoms with Gasteiger partial charge in [-0.25, -0.2) is 9.18 Å². The molecule has 0 radical (unpaired) electrons. The summed E-state index contributed by atoms with van der Waals surface area (Å²) in [6.45, 7) is 1.11. The molecule has 2 N–H and O–H groups in total. The van der Waals surface area contributed by atoms with Crippen molar-refractivity contribution in [2.75, 3.05) is 5.75 Å². The molecule has 0 aliphatic rings. The van der Waals surface area contributed by atoms with Gasteiger partial charge in [0.1, 0.15) is 5.82 Å². The Hall–Kier alpha value is -1.77. The molecule has 0 fully saturated rings. The zero-order valence-electron chi connectivity index (χ0n) is 10.7. The van der Waals surface area contributed by atoms with Crippen molar-refractivity contribution >= 4 is 23.6 Å². The topological polar surface area (TPSA) is 66.4 Å². The van der Waals surface area contributed by atoms with Crippen molar-refractivity contribution in [1.82, 2.24) is 5.32 Å². The van der Waals surface area contributed by atoms with Crippen molar-refractivity contribution in [3.63, 3.8) is 0 Å². The number of thioether (sulfide) groups is 1. The summed E-state index contributed by atoms with van der Waals surface area (Å²) in [4.78, 5) is 22.8. The molecule has 1 aromatic carbocycles. The Morgan fingerprint density at radius 3 is 2.19 bits per heavy atom. The van der Waals surface area contributed by atoms with Crippen LogP contribution in [0.3, 0.4) is 0 Å². The van der Waals surface area contributed by atoms with Gasteiger partial charge in [-0.1, -0.05) is 12.1 Å². The number of carbonyl (C=O) groups excluding carboxylic acids is 1. The maximum atomic E-state index is 12.8. The molecule has 1 amide bonds. The van der Waals surface area contributed by atoms with E-state index in [-0.39, 0.29) is 5.56 Å². The standard InChI is InChI=1S/C12H11F4NO3S/c1-11(10(19)20,7-2-4-8(13)5-3-7)17-9(18)6-21-12(14,15)16/h2-5H,6H2,1H3,(H,17,18)(H,19,20). The molecule has 0 aliphatic carbocycles. The zero-order chi connectivity index (χ0) is 16.3. The van der Waals surface area contributed by atoms with Crippen molar-refractivity contribution in [2.45, 2.75) is 18.0 Å². The Kier molecular flexibility index (Phi) is 5.21. The Balaban J connectivity index is 2.89. The number of hydrogen-bond donors (Lipinski definition) is 2. The van der Waals surface area contributed by atoms with Crippen LogP contribution in [0.15, 0.2) is 24.3 Å². The van der Waals surface area contributed by atoms with Crippen LogP contribution in [0.25, 0.3) is 0 Å². The number of aliphatic carboxylic acids is 1. The number of carboxylic acid groups (broad SMARTS) is 1. The van der Waals surface area contributed by atoms with Crippen LogP contribution >= 0.6 is 11.8 Å². The molecule has 0 spiro atoms. The highest BCUT2D eigenvalue weighted by Crippen LogP contribution is 2.30. The number of carboxylic acids is 1. The van der Waals surface area contributed by atoms with Gasteiger partial charge in [0.2, 0.25) is 5.91 Å². The zero-order valence-corrected chi connectivity index (χ0v) is 11.5. The average molecular weight is 325 g/mol. The van der Waals surface area contributed by atoms with Gasteiger partial charge in [-0.05, 0) is 36.4 Å². The van der Waals surface area contributed by atoms with Gasteiger partial charge in [0, 0.05) is 0 Å². The molecule has 0 saturated heterocycles. The lowest BCUT2D eigenvalue weighted by Gasteiger charge is -2.26. The van der Waals surface area contributed by atoms with E-state index in [1.807, 2.05) is 5.32 Å². The largest absolute Gasteiger partial charge is 0.479 e. The third kappa shape index (κ3) is 4.92. The first kappa shape index (κ1) is 17.3. The minimum atomic E-state index is -4.59. The van der Waals surface area contributed by atoms with Crippen molar-refractivity contribution in [2.24, 2.45) is 0 Å². The maximum absolute atomic E-state index is 12.8. The summed E-state index contributed by atoms with van der Waals surface area (Å²) >= 11 is -0.573. The highest BCUT2D eigenvalue weighted by Gasteiger charge is 2.38. The van der Waals surface area contributed by atoms with Gasteiger partial charge < -0.3 is 10.4 Å². The minimum absolute atomic E-state index is 0.0433. The fourth-order valence-electron chi connectivity index (χ4n) is 1.49. The summed E-state index contributed by atoms with van der Waals surface area (Å²) in [5, 5.41) is 11.2. The lowest BCUT2D eigenvalue weighted by atomic mass is 9.92. The SMILES string of the molecule is CC(NC(=O)CSC(F)(F)F)(C(=O)O)c1ccc(F)cc1. The first-order valence-electron chi connectivity index (χ1n) is 5.56. The van der Waals surface area contributed by atoms with E-state index >= 15 is 0 Å². The summed E-state index contributed by atoms with van der Waals surface area (Å²) in [5.41, 5.74) is -6.49. The average Bonchev–Trinajstić information content (AvgIpc) is 2.36. The predicted octanol–water partition coefficient (Wildman–Crippen LogP) is 2.49. The molecule has 0 aliphatic heterocycles. The summed E-state index contributed by atoms with van der Waals surface area (Å²) < 4.78 is 48.8. The monoisotopic (exact) mass is 325 g/mol. The van der Waals surface area contributed by atoms with Gasteiger partial charge in [-0.2, -0.15) is 13.2 Å². The summed E-state index contributed by atoms with van der Waals surface area (Å²) in [7, 11) is 0. The maximum Gasteiger partial charge on any atom is 0.442 e. The first-order valence-corrected chi connectivity index (χ1v) is 6.54. The molecule has 9 heteroatoms. The van der Waals surface area contributed by atoms with Gasteiger partial charge in [0.15, 0.2) is 5.54 Å². The van der Waals surface area contributed by atoms with Gasteiger partial charge >= 0.3 is 11.5 Å². The third-order valence-electron chi connectivity index (χ3n) is 2.61. The molecule has 0 bridgehead atoms. The van der Waals surface area contributed by atoms with E-state index in [4.69, 9.17) is 0 Å². The van der Waals surface area contributed by atoms with E-state index in [1.54, 1.807) is 0 Å². The molecule has 4 nitrogen and oxygen atoms in total. The lowest BCUT2D eigenvalue weighted by Crippen LogP contribution is -2.50. The Labute approximate surface area is 121 Å². The normalized spacial score (nSPS) is 14.3. The van der Waals surface area contributed by atoms with E-state index < -0.39 is 46.3 Å². The Morgan fingerprint density at radius 1 is 1.24 bits per heavy atom. The molecule has 1 unspecified atom stereocenters. The summed E-state index contributed by atoms with van der Waals surface area (Å²) in [6.07, 6.45) is 0. The number of rotatable bonds is 5. The quantitative estimate of drug-likeness (QED) is 0.816. The summed E-state index contributed by atoms with van der Waals surface area (Å²) in [6, 6.07) is 4.27. The number of amides is 1. The smallest absolute Gasteiger partial charge is 0.442 e. The number of halogens is 4. The fourth-order valence-corrected chi connectivity index (χ4v) is 1.86. The number of hydrogen-bond acceptors (Lipinski definition) is 3. The van der Waals surface area contributed by atoms with Crippen LogP contribution in [0.4, 0.5) is 17.6 Å². The molecule has 0 heterocycles. The van der Waals surface area contributed by atoms with Crippen LogP contribution in [0.1, 0.15) is 12.5 Å². The fraction of sp³-hybridized carbons (Fsp3) is 0.333. The molecule has 116 valence electrons. The van der Waals surface area contributed by atoms with Crippen LogP contribution in [0, 0.1) is 5.82 Å². The van der Waals surface area contributed by atoms with Gasteiger partial charge in [0.25, 0.3) is 0 Å². The predicted molar refractivity (Wildman–Crippen MR) is 68.0 cm³/mol. The van der Waals surface area contributed by atoms with Crippen LogP contribution in [-0.2, 0) is 15.1 Å². The number of alkyl halides is 3. The van der Waals surface area contributed by atoms with Gasteiger partial charge in [-0.3, -0.25) is 4.79 Å². The highest BCUT2D eigenvalue weighted by molar-refractivity contribution is 8.00. The molecule has 1 rings (SSSR count). The second-order valence-corrected chi connectivity index (χ2v) is 5.26. The van der Waals surface area contributed by atoms with Crippen LogP contribution in [0.5, 0.6) is 0 Å². The third-order valence-corrected chi connectivity index (χ3v) is 3.34. The van der Waals surface area contributed by atoms with Gasteiger partial charge in [-0.15, -0.1) is 0 Å². The van der Waals surface area contributed by atoms with E-state index in [2.05, 4.69) is 0 Å². The van der Waals surface area contributed by atoms with E-state index in [9.17, 15) is 32.3 Å². The first-order chi connectivity index (χ1) is 9.54. The molecule has 1 atom stereocenters. The number of nitrogens with one attached hydrogen (secondary N) is 1. The number of benzene rings is 1. The van der Waals surface area contributed by atoms with E-state index in [1.165, 1.54) is 0 Å². The van der Waals surface area contributed by atoms with Crippen molar-refractivity contribution in [3.8, 4) is 0 Å². The van der Waals surface area contributed by atoms with Crippen molar-refractivity contribution in [3.05, 3.63) is 35.6 Å². The molecule has 1 aromatic rings. The van der Waals surface area contributed by atoms with E-state index in [0.29, 0.717) is 0 Å². The van der Waals surface area contributed by atoms with Crippen LogP contribution in [-0.4, -0.2) is 28.2 Å². The van der Waals surface area contributed by atoms with Crippen LogP contribution < -0.4 is 5.32 Å². The molecular weight excluding hydrogens is 314 g/mol. The second-order valence-electron chi connectivity index (χ2n) is 4.22. The Bertz CT molecular complexity index is 532. The lowest BCUT2D eigenvalue weighted by molar-refractivity contribution is -0.147. The number of carbonyl (C=O) groups is 2. The minimum Gasteiger partial charge on any atom is -0.479 e. The summed E-state index contributed by atoms with van der Waals surface area (Å²) in [5.74, 6) is -4.13. The van der Waals surface area contributed by atoms with Crippen molar-refractivity contribution in [1.29, 1.82) is 0 Å². The Morgan fingerprint density at radius 2 is 1.76 bits per heavy atom. The van der Waals surface area contributed by atoms with Gasteiger partial charge in [0.05, 0.1) is 5.75 Å². The van der Waals surface area contributed by atoms with Crippen molar-refractivity contribution < 1.29 is 32.3 Å². The van der Waals surface area contributed by atoms with E-state index in [0.717, 1.165) is 31.2 Å². The second kappa shape index (κ2) is 6.33. The molecule has 21 heavy (non-hydrogen) atoms. The highest BCUT2D eigenvalue weighted by atomic mass is 32.2. The molecular formula is C12H11F4NO3S.